The summed E-state index contributed by atoms with van der Waals surface area (Å²) in [5.41, 5.74) is 0.422. The topological polar surface area (TPSA) is 45.5 Å². The highest BCUT2D eigenvalue weighted by molar-refractivity contribution is 6.41. The van der Waals surface area contributed by atoms with Crippen LogP contribution in [0.4, 0.5) is 0 Å². The van der Waals surface area contributed by atoms with Crippen LogP contribution in [0.3, 0.4) is 0 Å². The number of hydrogen-bond acceptors (Lipinski definition) is 2. The van der Waals surface area contributed by atoms with E-state index >= 15 is 0 Å². The van der Waals surface area contributed by atoms with Crippen LogP contribution in [0.25, 0.3) is 0 Å². The first-order valence-corrected chi connectivity index (χ1v) is 5.69. The lowest BCUT2D eigenvalue weighted by molar-refractivity contribution is 0.0722. The minimum Gasteiger partial charge on any atom is -0.395 e. The van der Waals surface area contributed by atoms with Crippen LogP contribution in [0.15, 0.2) is 6.07 Å². The van der Waals surface area contributed by atoms with Gasteiger partial charge in [-0.25, -0.2) is 0 Å². The van der Waals surface area contributed by atoms with Crippen molar-refractivity contribution in [1.82, 2.24) is 9.47 Å². The molecule has 0 fully saturated rings. The molecule has 6 heteroatoms. The molecule has 4 nitrogen and oxygen atoms in total. The van der Waals surface area contributed by atoms with E-state index in [1.807, 2.05) is 6.92 Å². The molecular formula is C10H14Cl2N2O2. The Kier molecular flexibility index (Phi) is 4.65. The predicted molar refractivity (Wildman–Crippen MR) is 64.1 cm³/mol. The Morgan fingerprint density at radius 3 is 2.56 bits per heavy atom. The fraction of sp³-hybridized carbons (Fsp3) is 0.500. The predicted octanol–water partition coefficient (Wildman–Crippen LogP) is 1.79. The molecule has 0 unspecified atom stereocenters. The molecule has 1 N–H and O–H groups in total. The van der Waals surface area contributed by atoms with E-state index in [9.17, 15) is 4.79 Å². The number of likely N-dealkylation sites (N-methyl/N-ethyl adjacent to an activating group) is 1. The summed E-state index contributed by atoms with van der Waals surface area (Å²) in [6, 6.07) is 1.53. The monoisotopic (exact) mass is 264 g/mol. The summed E-state index contributed by atoms with van der Waals surface area (Å²) in [6.07, 6.45) is 0. The number of carbonyl (C=O) groups is 1. The Balaban J connectivity index is 2.99. The van der Waals surface area contributed by atoms with Crippen molar-refractivity contribution in [3.8, 4) is 0 Å². The molecule has 0 spiro atoms. The standard InChI is InChI=1S/C10H14Cl2N2O2/c1-3-14(4-5-15)10(16)8-6-7(11)9(12)13(8)2/h6,15H,3-5H2,1-2H3. The highest BCUT2D eigenvalue weighted by atomic mass is 35.5. The molecule has 90 valence electrons. The Bertz CT molecular complexity index is 390. The van der Waals surface area contributed by atoms with E-state index in [2.05, 4.69) is 0 Å². The average molecular weight is 265 g/mol. The number of halogens is 2. The summed E-state index contributed by atoms with van der Waals surface area (Å²) in [5.74, 6) is -0.187. The summed E-state index contributed by atoms with van der Waals surface area (Å²) in [7, 11) is 1.67. The first-order chi connectivity index (χ1) is 7.52. The number of amides is 1. The summed E-state index contributed by atoms with van der Waals surface area (Å²) in [5, 5.41) is 9.53. The zero-order chi connectivity index (χ0) is 12.3. The van der Waals surface area contributed by atoms with E-state index in [0.717, 1.165) is 0 Å². The van der Waals surface area contributed by atoms with Crippen LogP contribution in [-0.2, 0) is 7.05 Å². The first-order valence-electron chi connectivity index (χ1n) is 4.93. The highest BCUT2D eigenvalue weighted by Crippen LogP contribution is 2.25. The number of nitrogens with zero attached hydrogens (tertiary/aromatic N) is 2. The van der Waals surface area contributed by atoms with Crippen LogP contribution in [0.1, 0.15) is 17.4 Å². The highest BCUT2D eigenvalue weighted by Gasteiger charge is 2.19. The Morgan fingerprint density at radius 1 is 1.56 bits per heavy atom. The fourth-order valence-corrected chi connectivity index (χ4v) is 1.81. The van der Waals surface area contributed by atoms with Gasteiger partial charge in [-0.05, 0) is 13.0 Å². The van der Waals surface area contributed by atoms with Crippen LogP contribution in [0, 0.1) is 0 Å². The van der Waals surface area contributed by atoms with E-state index in [4.69, 9.17) is 28.3 Å². The van der Waals surface area contributed by atoms with Gasteiger partial charge in [0.1, 0.15) is 10.8 Å². The van der Waals surface area contributed by atoms with E-state index in [1.165, 1.54) is 15.5 Å². The van der Waals surface area contributed by atoms with Crippen LogP contribution in [0.2, 0.25) is 10.2 Å². The van der Waals surface area contributed by atoms with E-state index < -0.39 is 0 Å². The lowest BCUT2D eigenvalue weighted by Gasteiger charge is -2.19. The zero-order valence-corrected chi connectivity index (χ0v) is 10.7. The van der Waals surface area contributed by atoms with Crippen molar-refractivity contribution in [2.45, 2.75) is 6.92 Å². The maximum atomic E-state index is 12.0. The van der Waals surface area contributed by atoms with Gasteiger partial charge in [-0.2, -0.15) is 0 Å². The fourth-order valence-electron chi connectivity index (χ4n) is 1.43. The zero-order valence-electron chi connectivity index (χ0n) is 9.20. The van der Waals surface area contributed by atoms with Crippen molar-refractivity contribution in [2.75, 3.05) is 19.7 Å². The number of hydrogen-bond donors (Lipinski definition) is 1. The van der Waals surface area contributed by atoms with Crippen LogP contribution < -0.4 is 0 Å². The van der Waals surface area contributed by atoms with Crippen molar-refractivity contribution in [3.63, 3.8) is 0 Å². The average Bonchev–Trinajstić information content (AvgIpc) is 2.53. The molecule has 0 saturated carbocycles. The molecule has 0 bridgehead atoms. The molecule has 1 aromatic rings. The molecule has 1 amide bonds. The molecule has 1 rings (SSSR count). The molecule has 1 heterocycles. The summed E-state index contributed by atoms with van der Waals surface area (Å²) in [4.78, 5) is 13.6. The Labute approximate surface area is 104 Å². The Morgan fingerprint density at radius 2 is 2.19 bits per heavy atom. The third-order valence-corrected chi connectivity index (χ3v) is 3.22. The van der Waals surface area contributed by atoms with Gasteiger partial charge in [-0.15, -0.1) is 0 Å². The van der Waals surface area contributed by atoms with Crippen molar-refractivity contribution >= 4 is 29.1 Å². The molecule has 0 radical (unpaired) electrons. The molecule has 16 heavy (non-hydrogen) atoms. The molecule has 0 saturated heterocycles. The molecule has 0 aliphatic rings. The van der Waals surface area contributed by atoms with Crippen LogP contribution in [-0.4, -0.2) is 40.2 Å². The minimum absolute atomic E-state index is 0.0640. The molecule has 0 aliphatic carbocycles. The van der Waals surface area contributed by atoms with Crippen LogP contribution >= 0.6 is 23.2 Å². The van der Waals surface area contributed by atoms with Crippen molar-refractivity contribution in [3.05, 3.63) is 21.9 Å². The van der Waals surface area contributed by atoms with E-state index in [1.54, 1.807) is 7.05 Å². The number of aromatic nitrogens is 1. The lowest BCUT2D eigenvalue weighted by atomic mass is 10.3. The first kappa shape index (κ1) is 13.4. The maximum absolute atomic E-state index is 12.0. The van der Waals surface area contributed by atoms with Gasteiger partial charge in [0.15, 0.2) is 0 Å². The second-order valence-corrected chi connectivity index (χ2v) is 4.10. The smallest absolute Gasteiger partial charge is 0.270 e. The maximum Gasteiger partial charge on any atom is 0.270 e. The van der Waals surface area contributed by atoms with Crippen molar-refractivity contribution in [1.29, 1.82) is 0 Å². The second kappa shape index (κ2) is 5.57. The largest absolute Gasteiger partial charge is 0.395 e. The molecular weight excluding hydrogens is 251 g/mol. The van der Waals surface area contributed by atoms with Gasteiger partial charge in [0.05, 0.1) is 11.6 Å². The molecule has 0 aromatic carbocycles. The van der Waals surface area contributed by atoms with Crippen LogP contribution in [0.5, 0.6) is 0 Å². The van der Waals surface area contributed by atoms with E-state index in [0.29, 0.717) is 29.0 Å². The van der Waals surface area contributed by atoms with Gasteiger partial charge >= 0.3 is 0 Å². The molecule has 0 aliphatic heterocycles. The van der Waals surface area contributed by atoms with Gasteiger partial charge in [0.25, 0.3) is 5.91 Å². The molecule has 1 aromatic heterocycles. The van der Waals surface area contributed by atoms with Gasteiger partial charge < -0.3 is 14.6 Å². The summed E-state index contributed by atoms with van der Waals surface area (Å²) >= 11 is 11.7. The third-order valence-electron chi connectivity index (χ3n) is 2.37. The number of carbonyl (C=O) groups excluding carboxylic acids is 1. The lowest BCUT2D eigenvalue weighted by Crippen LogP contribution is -2.34. The third kappa shape index (κ3) is 2.51. The summed E-state index contributed by atoms with van der Waals surface area (Å²) < 4.78 is 1.53. The Hall–Kier alpha value is -0.710. The SMILES string of the molecule is CCN(CCO)C(=O)c1cc(Cl)c(Cl)n1C. The van der Waals surface area contributed by atoms with Gasteiger partial charge in [-0.1, -0.05) is 23.2 Å². The number of aliphatic hydroxyl groups is 1. The van der Waals surface area contributed by atoms with E-state index in [-0.39, 0.29) is 12.5 Å². The van der Waals surface area contributed by atoms with Crippen molar-refractivity contribution in [2.24, 2.45) is 7.05 Å². The second-order valence-electron chi connectivity index (χ2n) is 3.34. The van der Waals surface area contributed by atoms with Gasteiger partial charge in [0.2, 0.25) is 0 Å². The normalized spacial score (nSPS) is 10.6. The van der Waals surface area contributed by atoms with Gasteiger partial charge in [0, 0.05) is 20.1 Å². The minimum atomic E-state index is -0.187. The summed E-state index contributed by atoms with van der Waals surface area (Å²) in [6.45, 7) is 2.61. The quantitative estimate of drug-likeness (QED) is 0.902. The molecule has 0 atom stereocenters. The number of rotatable bonds is 4. The van der Waals surface area contributed by atoms with Gasteiger partial charge in [-0.3, -0.25) is 4.79 Å². The van der Waals surface area contributed by atoms with Crippen molar-refractivity contribution < 1.29 is 9.90 Å². The number of aliphatic hydroxyl groups excluding tert-OH is 1.